The lowest BCUT2D eigenvalue weighted by molar-refractivity contribution is 0.101. The Balaban J connectivity index is -0.000000397. The fourth-order valence-electron chi connectivity index (χ4n) is 7.09. The van der Waals surface area contributed by atoms with E-state index in [1.54, 1.807) is 33.3 Å². The van der Waals surface area contributed by atoms with E-state index >= 15 is 0 Å². The van der Waals surface area contributed by atoms with Crippen LogP contribution in [-0.4, -0.2) is 109 Å². The molecule has 0 spiro atoms. The Labute approximate surface area is 503 Å². The molecule has 518 valence electrons. The number of pyridine rings is 2. The van der Waals surface area contributed by atoms with Crippen LogP contribution < -0.4 is 15.8 Å². The first kappa shape index (κ1) is 91.4. The number of amides is 2. The number of imidazole rings is 2. The fourth-order valence-corrected chi connectivity index (χ4v) is 8.80. The summed E-state index contributed by atoms with van der Waals surface area (Å²) in [6, 6.07) is 22.0. The van der Waals surface area contributed by atoms with Crippen LogP contribution in [0.15, 0.2) is 122 Å². The van der Waals surface area contributed by atoms with Crippen molar-refractivity contribution in [2.75, 3.05) is 43.1 Å². The van der Waals surface area contributed by atoms with Crippen LogP contribution in [0.2, 0.25) is 0 Å². The highest BCUT2D eigenvalue weighted by Crippen LogP contribution is 2.32. The molecule has 2 fully saturated rings. The summed E-state index contributed by atoms with van der Waals surface area (Å²) < 4.78 is 241. The Morgan fingerprint density at radius 2 is 0.913 bits per heavy atom. The molecule has 0 radical (unpaired) electrons. The van der Waals surface area contributed by atoms with Gasteiger partial charge in [0.1, 0.15) is 22.7 Å². The fraction of sp³-hybridized carbons (Fsp3) is 0.220. The van der Waals surface area contributed by atoms with Gasteiger partial charge in [-0.15, -0.1) is 0 Å². The van der Waals surface area contributed by atoms with Crippen molar-refractivity contribution in [3.8, 4) is 22.8 Å². The topological polar surface area (TPSA) is 332 Å². The van der Waals surface area contributed by atoms with E-state index in [9.17, 15) is 26.4 Å². The maximum atomic E-state index is 12.9. The molecule has 5 N–H and O–H groups in total. The van der Waals surface area contributed by atoms with Gasteiger partial charge in [0.05, 0.1) is 42.3 Å². The summed E-state index contributed by atoms with van der Waals surface area (Å²) >= 11 is 4.55. The number of aromatic nitrogens is 8. The monoisotopic (exact) mass is 1440 g/mol. The SMILES string of the molecule is Cc1ccc(-c2noc(C3CN(S(C)(=O)=O)C3)n2)cc1NC(=O)c1cnc2ccccn12.Cc1ccc(-c2noc(C3CN(S(N)(=O)=O)C3)n2)cc1NC(=O)c1cnc2ccccn12.F.FF.FF.FF.FF.FF.FF.FF.FF.FF.FF.FF.N=NN=NCl. The van der Waals surface area contributed by atoms with Crippen molar-refractivity contribution in [2.45, 2.75) is 25.7 Å². The highest BCUT2D eigenvalue weighted by molar-refractivity contribution is 7.88. The Hall–Kier alpha value is -9.30. The number of hydrogen-bond donors (Lipinski definition) is 4. The van der Waals surface area contributed by atoms with Crippen LogP contribution in [0, 0.1) is 19.4 Å². The number of anilines is 2. The van der Waals surface area contributed by atoms with Crippen molar-refractivity contribution >= 4 is 66.5 Å². The lowest BCUT2D eigenvalue weighted by Crippen LogP contribution is -2.51. The molecule has 8 heterocycles. The molecule has 10 rings (SSSR count). The highest BCUT2D eigenvalue weighted by Gasteiger charge is 2.39. The number of nitrogens with one attached hydrogen (secondary N) is 3. The second kappa shape index (κ2) is 51.4. The van der Waals surface area contributed by atoms with E-state index in [-0.39, 0.29) is 41.4 Å². The number of carbonyl (C=O) groups is 2. The maximum absolute atomic E-state index is 12.9. The van der Waals surface area contributed by atoms with Gasteiger partial charge < -0.3 is 19.7 Å². The highest BCUT2D eigenvalue weighted by atomic mass is 35.5. The van der Waals surface area contributed by atoms with Crippen LogP contribution in [0.25, 0.3) is 34.1 Å². The predicted molar refractivity (Wildman–Crippen MR) is 275 cm³/mol. The molecule has 0 unspecified atom stereocenters. The first-order chi connectivity index (χ1) is 44.0. The van der Waals surface area contributed by atoms with Gasteiger partial charge in [-0.25, -0.2) is 27.8 Å². The normalized spacial score (nSPS) is 11.7. The number of benzene rings is 2. The molecular formula is C41H41ClF23N17O8S2. The summed E-state index contributed by atoms with van der Waals surface area (Å²) in [4.78, 5) is 43.0. The van der Waals surface area contributed by atoms with Crippen molar-refractivity contribution in [1.29, 1.82) is 5.53 Å². The zero-order valence-electron chi connectivity index (χ0n) is 45.3. The van der Waals surface area contributed by atoms with Crippen molar-refractivity contribution in [3.05, 3.63) is 132 Å². The minimum absolute atomic E-state index is 0. The second-order valence-electron chi connectivity index (χ2n) is 15.6. The molecule has 2 aliphatic heterocycles. The van der Waals surface area contributed by atoms with Gasteiger partial charge in [-0.05, 0) is 71.8 Å². The number of nitrogens with zero attached hydrogens (tertiary/aromatic N) is 13. The van der Waals surface area contributed by atoms with Gasteiger partial charge in [0.25, 0.3) is 22.0 Å². The number of carbonyl (C=O) groups excluding carboxylic acids is 2. The Morgan fingerprint density at radius 3 is 1.21 bits per heavy atom. The number of fused-ring (bicyclic) bond motifs is 2. The quantitative estimate of drug-likeness (QED) is 0.0531. The summed E-state index contributed by atoms with van der Waals surface area (Å²) in [6.07, 6.45) is 7.80. The molecule has 51 heteroatoms. The zero-order valence-corrected chi connectivity index (χ0v) is 47.7. The number of nitrogens with two attached hydrogens (primary N) is 1. The molecule has 0 saturated carbocycles. The summed E-state index contributed by atoms with van der Waals surface area (Å²) in [7, 11) is -6.92. The Bertz CT molecular complexity index is 3330. The van der Waals surface area contributed by atoms with E-state index in [2.05, 4.69) is 67.7 Å². The molecule has 2 amide bonds. The number of halogens is 24. The first-order valence-electron chi connectivity index (χ1n) is 22.0. The van der Waals surface area contributed by atoms with Gasteiger partial charge >= 0.3 is 0 Å². The van der Waals surface area contributed by atoms with Gasteiger partial charge in [-0.3, -0.25) is 23.1 Å². The van der Waals surface area contributed by atoms with Crippen LogP contribution in [0.4, 0.5) is 117 Å². The molecule has 0 atom stereocenters. The maximum Gasteiger partial charge on any atom is 0.276 e. The van der Waals surface area contributed by atoms with Gasteiger partial charge in [0.15, 0.2) is 0 Å². The average molecular weight is 1440 g/mol. The zero-order chi connectivity index (χ0) is 71.0. The van der Waals surface area contributed by atoms with E-state index in [0.717, 1.165) is 15.4 Å². The second-order valence-corrected chi connectivity index (χ2v) is 19.3. The Morgan fingerprint density at radius 1 is 0.576 bits per heavy atom. The molecule has 92 heavy (non-hydrogen) atoms. The van der Waals surface area contributed by atoms with Crippen LogP contribution in [0.3, 0.4) is 0 Å². The summed E-state index contributed by atoms with van der Waals surface area (Å²) in [5.74, 6) is 0.569. The van der Waals surface area contributed by atoms with Crippen molar-refractivity contribution in [3.63, 3.8) is 0 Å². The van der Waals surface area contributed by atoms with Crippen LogP contribution in [0.5, 0.6) is 0 Å². The van der Waals surface area contributed by atoms with Gasteiger partial charge in [0.2, 0.25) is 33.5 Å². The molecule has 2 saturated heterocycles. The number of sulfonamides is 1. The smallest absolute Gasteiger partial charge is 0.276 e. The third kappa shape index (κ3) is 27.4. The van der Waals surface area contributed by atoms with Gasteiger partial charge in [-0.1, -0.05) is 51.3 Å². The molecule has 0 bridgehead atoms. The van der Waals surface area contributed by atoms with Gasteiger partial charge in [-0.2, -0.15) is 28.2 Å². The van der Waals surface area contributed by atoms with Crippen LogP contribution in [0.1, 0.15) is 55.7 Å². The molecule has 2 aliphatic rings. The van der Waals surface area contributed by atoms with E-state index < -0.39 is 20.2 Å². The third-order valence-electron chi connectivity index (χ3n) is 11.0. The number of aryl methyl sites for hydroxylation is 2. The van der Waals surface area contributed by atoms with Crippen molar-refractivity contribution in [1.82, 2.24) is 47.7 Å². The molecule has 6 aromatic heterocycles. The average Bonchev–Trinajstić information content (AvgIpc) is 1.61. The summed E-state index contributed by atoms with van der Waals surface area (Å²) in [5.41, 5.74) is 12.4. The van der Waals surface area contributed by atoms with Gasteiger partial charge in [0, 0.05) is 162 Å². The van der Waals surface area contributed by atoms with E-state index in [1.807, 2.05) is 74.5 Å². The molecule has 8 aromatic rings. The molecule has 2 aromatic carbocycles. The Kier molecular flexibility index (Phi) is 51.1. The van der Waals surface area contributed by atoms with Crippen molar-refractivity contribution < 1.29 is 141 Å². The third-order valence-corrected chi connectivity index (χ3v) is 13.3. The lowest BCUT2D eigenvalue weighted by atomic mass is 10.0. The van der Waals surface area contributed by atoms with E-state index in [0.29, 0.717) is 81.7 Å². The standard InChI is InChI=1S/C21H20N6O4S.C20H19N7O4S.ClHN4.11F2.FH/c1-13-6-7-14(19-24-21(31-25-19)15-11-26(12-15)32(2,29)30)9-16(13)23-20(28)17-10-22-18-5-3-4-8-27(17)18;1-12-5-6-13(18-24-20(31-25-18)14-10-26(11-14)32(21,29)30)8-15(12)23-19(28)16-9-22-17-4-2-3-7-27(16)17;1-3-5-4-2;11*1-2;/h3-10,15H,11-12H2,1-2H3,(H,23,28);2-9,14H,10-11H2,1H3,(H,23,28)(H2,21,29,30);2H;;;;;;;;;;;;1H. The largest absolute Gasteiger partial charge is 0.339 e. The summed E-state index contributed by atoms with van der Waals surface area (Å²) in [6.45, 7) is 4.84. The number of rotatable bonds is 11. The minimum atomic E-state index is -3.71. The van der Waals surface area contributed by atoms with E-state index in [4.69, 9.17) is 120 Å². The minimum Gasteiger partial charge on any atom is -0.339 e. The van der Waals surface area contributed by atoms with E-state index in [1.165, 1.54) is 23.0 Å². The predicted octanol–water partition coefficient (Wildman–Crippen LogP) is 14.8. The number of hydrogen-bond acceptors (Lipinski definition) is 16. The van der Waals surface area contributed by atoms with Crippen LogP contribution >= 0.6 is 11.8 Å². The molecule has 25 nitrogen and oxygen atoms in total. The summed E-state index contributed by atoms with van der Waals surface area (Å²) in [5, 5.41) is 24.1. The lowest BCUT2D eigenvalue weighted by Gasteiger charge is -2.34. The molecular weight excluding hydrogens is 1400 g/mol. The van der Waals surface area contributed by atoms with Crippen molar-refractivity contribution in [2.24, 2.45) is 20.2 Å². The first-order valence-corrected chi connectivity index (χ1v) is 25.7. The van der Waals surface area contributed by atoms with Crippen LogP contribution in [-0.2, 0) is 20.2 Å². The molecule has 0 aliphatic carbocycles.